The molecule has 0 aromatic heterocycles. The van der Waals surface area contributed by atoms with Crippen LogP contribution >= 0.6 is 11.6 Å². The Morgan fingerprint density at radius 2 is 1.55 bits per heavy atom. The Balaban J connectivity index is 2.24. The number of benzene rings is 1. The number of para-hydroxylation sites is 1. The van der Waals surface area contributed by atoms with Crippen LogP contribution in [0.3, 0.4) is 0 Å². The lowest BCUT2D eigenvalue weighted by molar-refractivity contribution is -0.117. The summed E-state index contributed by atoms with van der Waals surface area (Å²) in [5.41, 5.74) is 3.61. The molecule has 0 N–H and O–H groups in total. The Labute approximate surface area is 207 Å². The molecule has 1 fully saturated rings. The van der Waals surface area contributed by atoms with Crippen LogP contribution in [-0.4, -0.2) is 37.3 Å². The van der Waals surface area contributed by atoms with E-state index in [4.69, 9.17) is 21.1 Å². The van der Waals surface area contributed by atoms with E-state index in [1.54, 1.807) is 0 Å². The zero-order valence-electron chi connectivity index (χ0n) is 21.3. The summed E-state index contributed by atoms with van der Waals surface area (Å²) in [7, 11) is 0. The van der Waals surface area contributed by atoms with E-state index in [1.807, 2.05) is 4.90 Å². The third-order valence-electron chi connectivity index (χ3n) is 6.48. The molecule has 4 nitrogen and oxygen atoms in total. The van der Waals surface area contributed by atoms with Gasteiger partial charge in [0, 0.05) is 0 Å². The number of amides is 1. The van der Waals surface area contributed by atoms with Crippen LogP contribution in [0.25, 0.3) is 0 Å². The van der Waals surface area contributed by atoms with Crippen molar-refractivity contribution >= 4 is 23.2 Å². The normalized spacial score (nSPS) is 18.1. The maximum atomic E-state index is 13.1. The van der Waals surface area contributed by atoms with Crippen molar-refractivity contribution in [2.75, 3.05) is 23.9 Å². The third-order valence-corrected chi connectivity index (χ3v) is 6.71. The van der Waals surface area contributed by atoms with Gasteiger partial charge in [0.2, 0.25) is 5.91 Å². The third kappa shape index (κ3) is 9.58. The van der Waals surface area contributed by atoms with Crippen LogP contribution in [0.1, 0.15) is 103 Å². The van der Waals surface area contributed by atoms with Crippen molar-refractivity contribution in [1.82, 2.24) is 0 Å². The fourth-order valence-corrected chi connectivity index (χ4v) is 4.74. The van der Waals surface area contributed by atoms with Crippen molar-refractivity contribution in [3.8, 4) is 0 Å². The highest BCUT2D eigenvalue weighted by molar-refractivity contribution is 6.29. The van der Waals surface area contributed by atoms with Gasteiger partial charge in [-0.1, -0.05) is 83.9 Å². The molecule has 1 amide bonds. The van der Waals surface area contributed by atoms with Gasteiger partial charge in [-0.3, -0.25) is 4.79 Å². The first-order chi connectivity index (χ1) is 16.1. The average Bonchev–Trinajstić information content (AvgIpc) is 3.29. The topological polar surface area (TPSA) is 38.8 Å². The first-order valence-corrected chi connectivity index (χ1v) is 13.9. The van der Waals surface area contributed by atoms with Crippen LogP contribution in [0.15, 0.2) is 18.2 Å². The Hall–Kier alpha value is -1.10. The summed E-state index contributed by atoms with van der Waals surface area (Å²) in [6.45, 7) is 7.68. The molecule has 1 aromatic carbocycles. The standard InChI is InChI=1S/C28H46ClNO3/c1-4-7-10-12-15-23-17-14-18-24(16-13-11-8-5-2)28(23)30(26(31)20-29)21-25-22-32-27(33-25)19-9-6-3/h14,17-18,25,27H,4-13,15-16,19-22H2,1-3H3. The number of hydrogen-bond acceptors (Lipinski definition) is 3. The highest BCUT2D eigenvalue weighted by atomic mass is 35.5. The molecule has 0 saturated carbocycles. The summed E-state index contributed by atoms with van der Waals surface area (Å²) < 4.78 is 12.0. The first kappa shape index (κ1) is 28.1. The van der Waals surface area contributed by atoms with Crippen molar-refractivity contribution in [3.05, 3.63) is 29.3 Å². The number of carbonyl (C=O) groups excluding carboxylic acids is 1. The van der Waals surface area contributed by atoms with E-state index in [9.17, 15) is 4.79 Å². The predicted molar refractivity (Wildman–Crippen MR) is 139 cm³/mol. The van der Waals surface area contributed by atoms with Crippen LogP contribution in [0.5, 0.6) is 0 Å². The van der Waals surface area contributed by atoms with Gasteiger partial charge in [-0.15, -0.1) is 11.6 Å². The van der Waals surface area contributed by atoms with Gasteiger partial charge in [0.1, 0.15) is 12.0 Å². The molecule has 2 unspecified atom stereocenters. The van der Waals surface area contributed by atoms with E-state index in [0.29, 0.717) is 13.2 Å². The molecular weight excluding hydrogens is 434 g/mol. The largest absolute Gasteiger partial charge is 0.350 e. The van der Waals surface area contributed by atoms with E-state index in [1.165, 1.54) is 49.7 Å². The first-order valence-electron chi connectivity index (χ1n) is 13.4. The molecule has 0 radical (unpaired) electrons. The molecule has 2 atom stereocenters. The van der Waals surface area contributed by atoms with E-state index in [-0.39, 0.29) is 24.2 Å². The average molecular weight is 480 g/mol. The number of nitrogens with zero attached hydrogens (tertiary/aromatic N) is 1. The van der Waals surface area contributed by atoms with E-state index in [2.05, 4.69) is 39.0 Å². The SMILES string of the molecule is CCCCCCc1cccc(CCCCCC)c1N(CC1COC(CCCC)O1)C(=O)CCl. The fraction of sp³-hybridized carbons (Fsp3) is 0.750. The summed E-state index contributed by atoms with van der Waals surface area (Å²) in [6, 6.07) is 6.55. The minimum Gasteiger partial charge on any atom is -0.350 e. The lowest BCUT2D eigenvalue weighted by Gasteiger charge is -2.29. The van der Waals surface area contributed by atoms with Crippen LogP contribution in [0.2, 0.25) is 0 Å². The predicted octanol–water partition coefficient (Wildman–Crippen LogP) is 7.44. The molecule has 0 bridgehead atoms. The summed E-state index contributed by atoms with van der Waals surface area (Å²) in [6.07, 6.45) is 14.5. The molecule has 0 spiro atoms. The number of aryl methyl sites for hydroxylation is 2. The van der Waals surface area contributed by atoms with E-state index < -0.39 is 0 Å². The lowest BCUT2D eigenvalue weighted by Crippen LogP contribution is -2.40. The molecule has 1 saturated heterocycles. The van der Waals surface area contributed by atoms with Gasteiger partial charge in [-0.2, -0.15) is 0 Å². The number of ether oxygens (including phenoxy) is 2. The summed E-state index contributed by atoms with van der Waals surface area (Å²) in [5, 5.41) is 0. The van der Waals surface area contributed by atoms with Crippen LogP contribution in [0, 0.1) is 0 Å². The highest BCUT2D eigenvalue weighted by Gasteiger charge is 2.31. The minimum atomic E-state index is -0.152. The van der Waals surface area contributed by atoms with Crippen molar-refractivity contribution < 1.29 is 14.3 Å². The number of unbranched alkanes of at least 4 members (excludes halogenated alkanes) is 7. The Kier molecular flexibility index (Phi) is 14.1. The fourth-order valence-electron chi connectivity index (χ4n) is 4.60. The number of anilines is 1. The molecule has 1 aromatic rings. The number of carbonyl (C=O) groups is 1. The van der Waals surface area contributed by atoms with Crippen LogP contribution in [-0.2, 0) is 27.1 Å². The van der Waals surface area contributed by atoms with Gasteiger partial charge in [-0.25, -0.2) is 0 Å². The number of hydrogen-bond donors (Lipinski definition) is 0. The number of rotatable bonds is 17. The van der Waals surface area contributed by atoms with Crippen molar-refractivity contribution in [2.45, 2.75) is 117 Å². The smallest absolute Gasteiger partial charge is 0.242 e. The molecule has 1 aliphatic heterocycles. The van der Waals surface area contributed by atoms with Gasteiger partial charge in [0.25, 0.3) is 0 Å². The van der Waals surface area contributed by atoms with Gasteiger partial charge in [0.05, 0.1) is 18.8 Å². The Morgan fingerprint density at radius 1 is 0.939 bits per heavy atom. The van der Waals surface area contributed by atoms with Crippen LogP contribution < -0.4 is 4.90 Å². The Morgan fingerprint density at radius 3 is 2.09 bits per heavy atom. The quantitative estimate of drug-likeness (QED) is 0.172. The summed E-state index contributed by atoms with van der Waals surface area (Å²) >= 11 is 6.11. The zero-order chi connectivity index (χ0) is 23.9. The van der Waals surface area contributed by atoms with E-state index >= 15 is 0 Å². The molecule has 1 heterocycles. The second-order valence-corrected chi connectivity index (χ2v) is 9.61. The number of alkyl halides is 1. The number of halogens is 1. The molecule has 5 heteroatoms. The van der Waals surface area contributed by atoms with Crippen LogP contribution in [0.4, 0.5) is 5.69 Å². The van der Waals surface area contributed by atoms with Crippen molar-refractivity contribution in [2.24, 2.45) is 0 Å². The highest BCUT2D eigenvalue weighted by Crippen LogP contribution is 2.31. The van der Waals surface area contributed by atoms with Gasteiger partial charge < -0.3 is 14.4 Å². The lowest BCUT2D eigenvalue weighted by atomic mass is 9.96. The van der Waals surface area contributed by atoms with Crippen molar-refractivity contribution in [1.29, 1.82) is 0 Å². The second kappa shape index (κ2) is 16.5. The van der Waals surface area contributed by atoms with Gasteiger partial charge in [-0.05, 0) is 49.7 Å². The monoisotopic (exact) mass is 479 g/mol. The molecule has 33 heavy (non-hydrogen) atoms. The summed E-state index contributed by atoms with van der Waals surface area (Å²) in [5.74, 6) is -0.0696. The van der Waals surface area contributed by atoms with Gasteiger partial charge in [0.15, 0.2) is 6.29 Å². The van der Waals surface area contributed by atoms with Crippen molar-refractivity contribution in [3.63, 3.8) is 0 Å². The maximum absolute atomic E-state index is 13.1. The molecule has 1 aliphatic rings. The molecule has 2 rings (SSSR count). The van der Waals surface area contributed by atoms with E-state index in [0.717, 1.165) is 50.6 Å². The molecular formula is C28H46ClNO3. The molecule has 0 aliphatic carbocycles. The second-order valence-electron chi connectivity index (χ2n) is 9.35. The maximum Gasteiger partial charge on any atom is 0.242 e. The minimum absolute atomic E-state index is 0.0215. The zero-order valence-corrected chi connectivity index (χ0v) is 22.0. The summed E-state index contributed by atoms with van der Waals surface area (Å²) in [4.78, 5) is 15.0. The van der Waals surface area contributed by atoms with Gasteiger partial charge >= 0.3 is 0 Å². The molecule has 188 valence electrons. The Bertz CT molecular complexity index is 651.